The Balaban J connectivity index is 0.00000242. The number of nitrogens with zero attached hydrogens (tertiary/aromatic N) is 2. The van der Waals surface area contributed by atoms with Crippen LogP contribution in [0.4, 0.5) is 8.78 Å². The summed E-state index contributed by atoms with van der Waals surface area (Å²) in [5.41, 5.74) is 6.55. The third-order valence-electron chi connectivity index (χ3n) is 3.06. The van der Waals surface area contributed by atoms with Gasteiger partial charge < -0.3 is 11.1 Å². The van der Waals surface area contributed by atoms with Gasteiger partial charge in [0.15, 0.2) is 0 Å². The van der Waals surface area contributed by atoms with Crippen LogP contribution in [0.3, 0.4) is 0 Å². The quantitative estimate of drug-likeness (QED) is 0.879. The van der Waals surface area contributed by atoms with Gasteiger partial charge in [0.25, 0.3) is 11.8 Å². The number of carbonyl (C=O) groups is 1. The Labute approximate surface area is 132 Å². The van der Waals surface area contributed by atoms with Gasteiger partial charge in [0.2, 0.25) is 0 Å². The van der Waals surface area contributed by atoms with Gasteiger partial charge in [0, 0.05) is 0 Å². The van der Waals surface area contributed by atoms with E-state index in [2.05, 4.69) is 10.4 Å². The maximum atomic E-state index is 13.0. The van der Waals surface area contributed by atoms with Gasteiger partial charge in [-0.3, -0.25) is 4.79 Å². The third-order valence-corrected chi connectivity index (χ3v) is 3.06. The van der Waals surface area contributed by atoms with Crippen molar-refractivity contribution >= 4 is 18.3 Å². The summed E-state index contributed by atoms with van der Waals surface area (Å²) < 4.78 is 27.7. The maximum absolute atomic E-state index is 13.0. The van der Waals surface area contributed by atoms with E-state index in [1.807, 2.05) is 30.3 Å². The highest BCUT2D eigenvalue weighted by Crippen LogP contribution is 2.14. The number of amides is 1. The van der Waals surface area contributed by atoms with Crippen molar-refractivity contribution < 1.29 is 13.6 Å². The number of alkyl halides is 2. The van der Waals surface area contributed by atoms with Gasteiger partial charge in [-0.15, -0.1) is 12.4 Å². The standard InChI is InChI=1S/C14H16F2N4O.ClH/c1-10-12(13(21)18-9-14(15,16)8-17)7-19-20(10)11-5-3-2-4-6-11;/h2-7H,8-9,17H2,1H3,(H,18,21);1H. The lowest BCUT2D eigenvalue weighted by atomic mass is 10.2. The first-order valence-corrected chi connectivity index (χ1v) is 6.41. The lowest BCUT2D eigenvalue weighted by Gasteiger charge is -2.14. The molecule has 0 saturated heterocycles. The number of aromatic nitrogens is 2. The Morgan fingerprint density at radius 2 is 2.00 bits per heavy atom. The largest absolute Gasteiger partial charge is 0.346 e. The average Bonchev–Trinajstić information content (AvgIpc) is 2.87. The molecule has 1 amide bonds. The smallest absolute Gasteiger partial charge is 0.277 e. The number of carbonyl (C=O) groups excluding carboxylic acids is 1. The number of hydrogen-bond donors (Lipinski definition) is 2. The molecular weight excluding hydrogens is 314 g/mol. The Morgan fingerprint density at radius 1 is 1.36 bits per heavy atom. The molecule has 0 unspecified atom stereocenters. The van der Waals surface area contributed by atoms with Crippen LogP contribution in [0.2, 0.25) is 0 Å². The van der Waals surface area contributed by atoms with E-state index in [1.54, 1.807) is 11.6 Å². The van der Waals surface area contributed by atoms with E-state index in [4.69, 9.17) is 5.73 Å². The molecule has 1 heterocycles. The Kier molecular flexibility index (Phi) is 6.01. The molecule has 2 aromatic rings. The molecule has 8 heteroatoms. The molecule has 0 bridgehead atoms. The lowest BCUT2D eigenvalue weighted by molar-refractivity contribution is 0.0118. The number of hydrogen-bond acceptors (Lipinski definition) is 3. The summed E-state index contributed by atoms with van der Waals surface area (Å²) >= 11 is 0. The molecule has 22 heavy (non-hydrogen) atoms. The van der Waals surface area contributed by atoms with Crippen LogP contribution in [0.5, 0.6) is 0 Å². The summed E-state index contributed by atoms with van der Waals surface area (Å²) in [6, 6.07) is 9.23. The van der Waals surface area contributed by atoms with Crippen molar-refractivity contribution in [3.63, 3.8) is 0 Å². The molecule has 0 atom stereocenters. The van der Waals surface area contributed by atoms with E-state index in [0.29, 0.717) is 5.69 Å². The van der Waals surface area contributed by atoms with Gasteiger partial charge in [-0.2, -0.15) is 5.10 Å². The first-order valence-electron chi connectivity index (χ1n) is 6.41. The predicted molar refractivity (Wildman–Crippen MR) is 81.9 cm³/mol. The minimum atomic E-state index is -3.11. The average molecular weight is 331 g/mol. The zero-order chi connectivity index (χ0) is 15.5. The number of halogens is 3. The van der Waals surface area contributed by atoms with Crippen LogP contribution in [0, 0.1) is 6.92 Å². The molecule has 0 aliphatic carbocycles. The topological polar surface area (TPSA) is 72.9 Å². The number of nitrogens with one attached hydrogen (secondary N) is 1. The zero-order valence-corrected chi connectivity index (χ0v) is 12.7. The normalized spacial score (nSPS) is 10.9. The summed E-state index contributed by atoms with van der Waals surface area (Å²) in [5, 5.41) is 6.29. The molecule has 0 aliphatic rings. The molecule has 5 nitrogen and oxygen atoms in total. The molecule has 0 fully saturated rings. The van der Waals surface area contributed by atoms with Crippen molar-refractivity contribution in [1.82, 2.24) is 15.1 Å². The van der Waals surface area contributed by atoms with E-state index >= 15 is 0 Å². The van der Waals surface area contributed by atoms with Crippen LogP contribution in [-0.4, -0.2) is 34.7 Å². The molecular formula is C14H17ClF2N4O. The SMILES string of the molecule is Cc1c(C(=O)NCC(F)(F)CN)cnn1-c1ccccc1.Cl. The fraction of sp³-hybridized carbons (Fsp3) is 0.286. The summed E-state index contributed by atoms with van der Waals surface area (Å²) in [6.07, 6.45) is 1.36. The summed E-state index contributed by atoms with van der Waals surface area (Å²) in [7, 11) is 0. The molecule has 0 saturated carbocycles. The molecule has 0 spiro atoms. The number of rotatable bonds is 5. The Morgan fingerprint density at radius 3 is 2.59 bits per heavy atom. The van der Waals surface area contributed by atoms with Crippen molar-refractivity contribution in [1.29, 1.82) is 0 Å². The third kappa shape index (κ3) is 4.02. The second-order valence-electron chi connectivity index (χ2n) is 4.63. The summed E-state index contributed by atoms with van der Waals surface area (Å²) in [4.78, 5) is 11.9. The Hall–Kier alpha value is -1.99. The molecule has 0 aliphatic heterocycles. The minimum absolute atomic E-state index is 0. The highest BCUT2D eigenvalue weighted by atomic mass is 35.5. The van der Waals surface area contributed by atoms with Crippen molar-refractivity contribution in [2.24, 2.45) is 5.73 Å². The van der Waals surface area contributed by atoms with Gasteiger partial charge >= 0.3 is 0 Å². The van der Waals surface area contributed by atoms with Gasteiger partial charge in [-0.25, -0.2) is 13.5 Å². The Bertz CT molecular complexity index is 631. The van der Waals surface area contributed by atoms with Crippen LogP contribution in [0.1, 0.15) is 16.1 Å². The fourth-order valence-electron chi connectivity index (χ4n) is 1.84. The lowest BCUT2D eigenvalue weighted by Crippen LogP contribution is -2.41. The highest BCUT2D eigenvalue weighted by molar-refractivity contribution is 5.95. The van der Waals surface area contributed by atoms with Gasteiger partial charge in [0.1, 0.15) is 0 Å². The molecule has 2 rings (SSSR count). The van der Waals surface area contributed by atoms with Crippen LogP contribution >= 0.6 is 12.4 Å². The van der Waals surface area contributed by atoms with Crippen LogP contribution in [0.15, 0.2) is 36.5 Å². The van der Waals surface area contributed by atoms with E-state index in [1.165, 1.54) is 6.20 Å². The van der Waals surface area contributed by atoms with E-state index in [-0.39, 0.29) is 18.0 Å². The van der Waals surface area contributed by atoms with Gasteiger partial charge in [-0.05, 0) is 19.1 Å². The maximum Gasteiger partial charge on any atom is 0.277 e. The van der Waals surface area contributed by atoms with Crippen LogP contribution in [0.25, 0.3) is 5.69 Å². The summed E-state index contributed by atoms with van der Waals surface area (Å²) in [5.74, 6) is -3.71. The molecule has 1 aromatic heterocycles. The first-order chi connectivity index (χ1) is 9.94. The van der Waals surface area contributed by atoms with E-state index in [0.717, 1.165) is 5.69 Å². The van der Waals surface area contributed by atoms with Crippen molar-refractivity contribution in [3.8, 4) is 5.69 Å². The monoisotopic (exact) mass is 330 g/mol. The molecule has 0 radical (unpaired) electrons. The summed E-state index contributed by atoms with van der Waals surface area (Å²) in [6.45, 7) is 0.101. The van der Waals surface area contributed by atoms with Crippen molar-refractivity contribution in [2.75, 3.05) is 13.1 Å². The highest BCUT2D eigenvalue weighted by Gasteiger charge is 2.28. The van der Waals surface area contributed by atoms with Crippen LogP contribution in [-0.2, 0) is 0 Å². The predicted octanol–water partition coefficient (Wildman–Crippen LogP) is 1.93. The van der Waals surface area contributed by atoms with Crippen molar-refractivity contribution in [2.45, 2.75) is 12.8 Å². The molecule has 3 N–H and O–H groups in total. The zero-order valence-electron chi connectivity index (χ0n) is 11.9. The molecule has 120 valence electrons. The van der Waals surface area contributed by atoms with E-state index in [9.17, 15) is 13.6 Å². The van der Waals surface area contributed by atoms with Gasteiger partial charge in [0.05, 0.1) is 36.2 Å². The number of para-hydroxylation sites is 1. The van der Waals surface area contributed by atoms with Crippen LogP contribution < -0.4 is 11.1 Å². The van der Waals surface area contributed by atoms with Crippen molar-refractivity contribution in [3.05, 3.63) is 47.8 Å². The van der Waals surface area contributed by atoms with E-state index < -0.39 is 24.9 Å². The second-order valence-corrected chi connectivity index (χ2v) is 4.63. The molecule has 1 aromatic carbocycles. The number of benzene rings is 1. The minimum Gasteiger partial charge on any atom is -0.346 e. The second kappa shape index (κ2) is 7.33. The van der Waals surface area contributed by atoms with Gasteiger partial charge in [-0.1, -0.05) is 18.2 Å². The first kappa shape index (κ1) is 18.1. The number of nitrogens with two attached hydrogens (primary N) is 1. The fourth-order valence-corrected chi connectivity index (χ4v) is 1.84.